The molecule has 0 unspecified atom stereocenters. The van der Waals surface area contributed by atoms with Crippen molar-refractivity contribution in [3.05, 3.63) is 23.8 Å². The van der Waals surface area contributed by atoms with Gasteiger partial charge in [-0.25, -0.2) is 4.79 Å². The number of hydrogen-bond donors (Lipinski definition) is 1. The zero-order valence-electron chi connectivity index (χ0n) is 7.57. The Labute approximate surface area is 76.7 Å². The molecule has 0 saturated heterocycles. The van der Waals surface area contributed by atoms with Crippen LogP contribution in [0.1, 0.15) is 5.56 Å². The molecular weight excluding hydrogens is 168 g/mol. The third-order valence-corrected chi connectivity index (χ3v) is 1.63. The number of primary amides is 1. The average Bonchev–Trinajstić information content (AvgIpc) is 2.03. The Balaban J connectivity index is 3.05. The Morgan fingerprint density at radius 2 is 2.23 bits per heavy atom. The summed E-state index contributed by atoms with van der Waals surface area (Å²) in [6.45, 7) is 1.87. The fraction of sp³-hybridized carbons (Fsp3) is 0.222. The van der Waals surface area contributed by atoms with Gasteiger partial charge in [-0.1, -0.05) is 12.1 Å². The number of methoxy groups -OCH3 is 1. The van der Waals surface area contributed by atoms with E-state index in [4.69, 9.17) is 10.5 Å². The monoisotopic (exact) mass is 179 g/mol. The molecule has 0 bridgehead atoms. The number of benzene rings is 1. The van der Waals surface area contributed by atoms with Gasteiger partial charge in [0, 0.05) is 0 Å². The topological polar surface area (TPSA) is 66.4 Å². The van der Waals surface area contributed by atoms with Crippen molar-refractivity contribution in [1.82, 2.24) is 5.32 Å². The summed E-state index contributed by atoms with van der Waals surface area (Å²) in [7, 11) is 1.53. The smallest absolute Gasteiger partial charge is 0.338 e. The maximum absolute atomic E-state index is 10.5. The Morgan fingerprint density at radius 3 is 2.77 bits per heavy atom. The molecule has 0 heterocycles. The Kier molecular flexibility index (Phi) is 2.74. The molecule has 1 rings (SSSR count). The molecule has 0 saturated carbocycles. The third-order valence-electron chi connectivity index (χ3n) is 1.63. The van der Waals surface area contributed by atoms with Crippen LogP contribution in [0.2, 0.25) is 0 Å². The largest absolute Gasteiger partial charge is 0.494 e. The third kappa shape index (κ3) is 2.11. The van der Waals surface area contributed by atoms with E-state index in [0.29, 0.717) is 11.4 Å². The number of para-hydroxylation sites is 1. The minimum absolute atomic E-state index is 0.468. The van der Waals surface area contributed by atoms with Crippen LogP contribution in [-0.4, -0.2) is 13.1 Å². The zero-order chi connectivity index (χ0) is 9.84. The molecular formula is C9H11N2O2. The number of amides is 2. The summed E-state index contributed by atoms with van der Waals surface area (Å²) < 4.78 is 5.08. The molecule has 69 valence electrons. The molecule has 1 aromatic carbocycles. The molecule has 1 radical (unpaired) electrons. The van der Waals surface area contributed by atoms with E-state index in [2.05, 4.69) is 5.32 Å². The summed E-state index contributed by atoms with van der Waals surface area (Å²) in [6.07, 6.45) is 0. The molecule has 13 heavy (non-hydrogen) atoms. The van der Waals surface area contributed by atoms with Crippen LogP contribution < -0.4 is 15.8 Å². The molecule has 0 aliphatic heterocycles. The van der Waals surface area contributed by atoms with Gasteiger partial charge in [0.15, 0.2) is 0 Å². The quantitative estimate of drug-likeness (QED) is 0.743. The molecule has 2 amide bonds. The lowest BCUT2D eigenvalue weighted by Gasteiger charge is -2.08. The van der Waals surface area contributed by atoms with Gasteiger partial charge in [0.25, 0.3) is 0 Å². The van der Waals surface area contributed by atoms with Gasteiger partial charge >= 0.3 is 6.03 Å². The van der Waals surface area contributed by atoms with Crippen LogP contribution in [0, 0.1) is 6.92 Å². The lowest BCUT2D eigenvalue weighted by molar-refractivity contribution is 0.251. The fourth-order valence-electron chi connectivity index (χ4n) is 1.11. The first kappa shape index (κ1) is 9.38. The standard InChI is InChI=1S/C9H11N2O2/c1-6-4-3-5-7(8(6)13-2)11-9(10)12/h3-5H,1-2H3,(H2,10,12). The highest BCUT2D eigenvalue weighted by Crippen LogP contribution is 2.27. The number of hydrogen-bond acceptors (Lipinski definition) is 2. The van der Waals surface area contributed by atoms with E-state index in [0.717, 1.165) is 5.56 Å². The normalized spacial score (nSPS) is 9.38. The Bertz CT molecular complexity index is 323. The molecule has 0 fully saturated rings. The van der Waals surface area contributed by atoms with Gasteiger partial charge in [-0.15, -0.1) is 0 Å². The van der Waals surface area contributed by atoms with Crippen molar-refractivity contribution in [2.24, 2.45) is 5.73 Å². The molecule has 4 heteroatoms. The molecule has 0 atom stereocenters. The van der Waals surface area contributed by atoms with Gasteiger partial charge in [-0.2, -0.15) is 5.32 Å². The summed E-state index contributed by atoms with van der Waals surface area (Å²) in [4.78, 5) is 10.5. The predicted octanol–water partition coefficient (Wildman–Crippen LogP) is 1.32. The zero-order valence-corrected chi connectivity index (χ0v) is 7.57. The van der Waals surface area contributed by atoms with Crippen molar-refractivity contribution in [2.75, 3.05) is 7.11 Å². The summed E-state index contributed by atoms with van der Waals surface area (Å²) in [6, 6.07) is 4.62. The number of carbonyl (C=O) groups is 1. The summed E-state index contributed by atoms with van der Waals surface area (Å²) in [5.41, 5.74) is 6.33. The Hall–Kier alpha value is -1.71. The van der Waals surface area contributed by atoms with E-state index in [-0.39, 0.29) is 0 Å². The van der Waals surface area contributed by atoms with Gasteiger partial charge in [0.05, 0.1) is 7.11 Å². The van der Waals surface area contributed by atoms with E-state index in [1.165, 1.54) is 7.11 Å². The molecule has 0 aromatic heterocycles. The van der Waals surface area contributed by atoms with E-state index in [1.54, 1.807) is 12.1 Å². The number of nitrogens with zero attached hydrogens (tertiary/aromatic N) is 1. The summed E-state index contributed by atoms with van der Waals surface area (Å²) >= 11 is 0. The van der Waals surface area contributed by atoms with E-state index in [1.807, 2.05) is 13.0 Å². The van der Waals surface area contributed by atoms with E-state index < -0.39 is 6.03 Å². The van der Waals surface area contributed by atoms with Crippen LogP contribution >= 0.6 is 0 Å². The van der Waals surface area contributed by atoms with Gasteiger partial charge in [0.1, 0.15) is 11.4 Å². The lowest BCUT2D eigenvalue weighted by atomic mass is 10.2. The second-order valence-corrected chi connectivity index (χ2v) is 2.58. The maximum atomic E-state index is 10.5. The van der Waals surface area contributed by atoms with Crippen LogP contribution in [0.5, 0.6) is 5.75 Å². The molecule has 0 spiro atoms. The highest BCUT2D eigenvalue weighted by atomic mass is 16.5. The van der Waals surface area contributed by atoms with Crippen molar-refractivity contribution < 1.29 is 9.53 Å². The van der Waals surface area contributed by atoms with Crippen molar-refractivity contribution in [3.8, 4) is 5.75 Å². The number of ether oxygens (including phenoxy) is 1. The van der Waals surface area contributed by atoms with Crippen LogP contribution in [0.25, 0.3) is 0 Å². The molecule has 0 aliphatic rings. The van der Waals surface area contributed by atoms with Crippen molar-refractivity contribution in [2.45, 2.75) is 6.92 Å². The summed E-state index contributed by atoms with van der Waals surface area (Å²) in [5.74, 6) is 0.585. The molecule has 2 N–H and O–H groups in total. The average molecular weight is 179 g/mol. The maximum Gasteiger partial charge on any atom is 0.338 e. The van der Waals surface area contributed by atoms with Crippen LogP contribution in [0.4, 0.5) is 10.5 Å². The molecule has 4 nitrogen and oxygen atoms in total. The number of rotatable bonds is 2. The molecule has 0 aliphatic carbocycles. The second-order valence-electron chi connectivity index (χ2n) is 2.58. The minimum atomic E-state index is -0.719. The van der Waals surface area contributed by atoms with Crippen molar-refractivity contribution in [1.29, 1.82) is 0 Å². The number of nitrogens with two attached hydrogens (primary N) is 1. The van der Waals surface area contributed by atoms with E-state index >= 15 is 0 Å². The van der Waals surface area contributed by atoms with Gasteiger partial charge in [0.2, 0.25) is 0 Å². The lowest BCUT2D eigenvalue weighted by Crippen LogP contribution is -2.18. The van der Waals surface area contributed by atoms with E-state index in [9.17, 15) is 4.79 Å². The number of carbonyl (C=O) groups excluding carboxylic acids is 1. The van der Waals surface area contributed by atoms with Crippen LogP contribution in [-0.2, 0) is 0 Å². The first-order chi connectivity index (χ1) is 6.15. The highest BCUT2D eigenvalue weighted by molar-refractivity contribution is 5.79. The Morgan fingerprint density at radius 1 is 1.54 bits per heavy atom. The van der Waals surface area contributed by atoms with Gasteiger partial charge in [-0.05, 0) is 18.6 Å². The predicted molar refractivity (Wildman–Crippen MR) is 49.1 cm³/mol. The fourth-order valence-corrected chi connectivity index (χ4v) is 1.11. The number of aryl methyl sites for hydroxylation is 1. The van der Waals surface area contributed by atoms with Crippen molar-refractivity contribution in [3.63, 3.8) is 0 Å². The number of urea groups is 1. The van der Waals surface area contributed by atoms with Gasteiger partial charge < -0.3 is 10.5 Å². The first-order valence-electron chi connectivity index (χ1n) is 3.80. The molecule has 1 aromatic rings. The first-order valence-corrected chi connectivity index (χ1v) is 3.80. The van der Waals surface area contributed by atoms with Crippen molar-refractivity contribution >= 4 is 11.7 Å². The highest BCUT2D eigenvalue weighted by Gasteiger charge is 2.08. The van der Waals surface area contributed by atoms with Crippen LogP contribution in [0.3, 0.4) is 0 Å². The van der Waals surface area contributed by atoms with Gasteiger partial charge in [-0.3, -0.25) is 0 Å². The minimum Gasteiger partial charge on any atom is -0.494 e. The second kappa shape index (κ2) is 3.80. The van der Waals surface area contributed by atoms with Crippen LogP contribution in [0.15, 0.2) is 18.2 Å². The SMILES string of the molecule is COc1c(C)cccc1[N]C(N)=O. The summed E-state index contributed by atoms with van der Waals surface area (Å²) in [5, 5.41) is 3.60.